The van der Waals surface area contributed by atoms with Gasteiger partial charge in [-0.25, -0.2) is 12.7 Å². The lowest BCUT2D eigenvalue weighted by atomic mass is 10.3. The zero-order chi connectivity index (χ0) is 11.5. The van der Waals surface area contributed by atoms with Gasteiger partial charge in [-0.15, -0.1) is 0 Å². The van der Waals surface area contributed by atoms with Crippen LogP contribution in [0.1, 0.15) is 13.3 Å². The van der Waals surface area contributed by atoms with Gasteiger partial charge in [-0.1, -0.05) is 19.1 Å². The van der Waals surface area contributed by atoms with E-state index in [2.05, 4.69) is 0 Å². The lowest BCUT2D eigenvalue weighted by Crippen LogP contribution is -2.27. The van der Waals surface area contributed by atoms with Crippen LogP contribution < -0.4 is 0 Å². The van der Waals surface area contributed by atoms with Gasteiger partial charge in [0.2, 0.25) is 10.0 Å². The average Bonchev–Trinajstić information content (AvgIpc) is 2.18. The predicted molar refractivity (Wildman–Crippen MR) is 58.2 cm³/mol. The standard InChI is InChI=1S/C10H15NO3S/c1-3-8-11(2)15(13,14)10-7-5-4-6-9(10)12/h4-7,12H,3,8H2,1-2H3. The first kappa shape index (κ1) is 12.0. The smallest absolute Gasteiger partial charge is 0.246 e. The summed E-state index contributed by atoms with van der Waals surface area (Å²) >= 11 is 0. The first-order chi connectivity index (χ1) is 7.00. The maximum absolute atomic E-state index is 11.9. The number of hydrogen-bond acceptors (Lipinski definition) is 3. The molecule has 1 aromatic carbocycles. The molecule has 0 aliphatic rings. The molecule has 0 unspecified atom stereocenters. The Hall–Kier alpha value is -1.07. The Labute approximate surface area is 90.2 Å². The second kappa shape index (κ2) is 4.63. The minimum Gasteiger partial charge on any atom is -0.507 e. The summed E-state index contributed by atoms with van der Waals surface area (Å²) in [6.45, 7) is 2.34. The minimum absolute atomic E-state index is 0.0408. The number of benzene rings is 1. The highest BCUT2D eigenvalue weighted by Gasteiger charge is 2.22. The largest absolute Gasteiger partial charge is 0.507 e. The van der Waals surface area contributed by atoms with Gasteiger partial charge in [0, 0.05) is 13.6 Å². The summed E-state index contributed by atoms with van der Waals surface area (Å²) in [7, 11) is -2.04. The topological polar surface area (TPSA) is 57.6 Å². The normalized spacial score (nSPS) is 11.9. The van der Waals surface area contributed by atoms with Crippen molar-refractivity contribution in [2.45, 2.75) is 18.2 Å². The van der Waals surface area contributed by atoms with Crippen molar-refractivity contribution >= 4 is 10.0 Å². The lowest BCUT2D eigenvalue weighted by molar-refractivity contribution is 0.441. The number of aromatic hydroxyl groups is 1. The van der Waals surface area contributed by atoms with Crippen LogP contribution in [0.15, 0.2) is 29.2 Å². The van der Waals surface area contributed by atoms with Gasteiger partial charge in [0.1, 0.15) is 10.6 Å². The van der Waals surface area contributed by atoms with Gasteiger partial charge in [-0.05, 0) is 18.6 Å². The van der Waals surface area contributed by atoms with Gasteiger partial charge in [0.25, 0.3) is 0 Å². The third kappa shape index (κ3) is 2.49. The Morgan fingerprint density at radius 3 is 2.47 bits per heavy atom. The molecule has 0 radical (unpaired) electrons. The van der Waals surface area contributed by atoms with E-state index in [1.807, 2.05) is 6.92 Å². The maximum Gasteiger partial charge on any atom is 0.246 e. The molecule has 0 aromatic heterocycles. The van der Waals surface area contributed by atoms with Crippen LogP contribution in [0.3, 0.4) is 0 Å². The molecule has 5 heteroatoms. The highest BCUT2D eigenvalue weighted by Crippen LogP contribution is 2.24. The van der Waals surface area contributed by atoms with Crippen LogP contribution in [-0.4, -0.2) is 31.4 Å². The van der Waals surface area contributed by atoms with E-state index >= 15 is 0 Å². The number of sulfonamides is 1. The molecule has 0 fully saturated rings. The number of para-hydroxylation sites is 1. The van der Waals surface area contributed by atoms with E-state index in [1.165, 1.54) is 23.5 Å². The molecular weight excluding hydrogens is 214 g/mol. The molecule has 0 saturated carbocycles. The lowest BCUT2D eigenvalue weighted by Gasteiger charge is -2.16. The Kier molecular flexibility index (Phi) is 3.71. The van der Waals surface area contributed by atoms with Gasteiger partial charge < -0.3 is 5.11 Å². The van der Waals surface area contributed by atoms with Crippen LogP contribution in [0.25, 0.3) is 0 Å². The molecule has 0 atom stereocenters. The average molecular weight is 229 g/mol. The molecule has 0 bridgehead atoms. The first-order valence-electron chi connectivity index (χ1n) is 4.74. The molecule has 0 heterocycles. The Morgan fingerprint density at radius 1 is 1.33 bits per heavy atom. The van der Waals surface area contributed by atoms with Gasteiger partial charge in [0.15, 0.2) is 0 Å². The number of hydrogen-bond donors (Lipinski definition) is 1. The molecule has 84 valence electrons. The minimum atomic E-state index is -3.55. The molecular formula is C10H15NO3S. The van der Waals surface area contributed by atoms with Crippen LogP contribution in [0.2, 0.25) is 0 Å². The zero-order valence-electron chi connectivity index (χ0n) is 8.84. The van der Waals surface area contributed by atoms with E-state index in [9.17, 15) is 13.5 Å². The molecule has 0 aliphatic heterocycles. The SMILES string of the molecule is CCCN(C)S(=O)(=O)c1ccccc1O. The molecule has 4 nitrogen and oxygen atoms in total. The van der Waals surface area contributed by atoms with Crippen molar-refractivity contribution < 1.29 is 13.5 Å². The highest BCUT2D eigenvalue weighted by molar-refractivity contribution is 7.89. The van der Waals surface area contributed by atoms with E-state index < -0.39 is 10.0 Å². The van der Waals surface area contributed by atoms with Crippen LogP contribution in [0.4, 0.5) is 0 Å². The molecule has 1 aromatic rings. The predicted octanol–water partition coefficient (Wildman–Crippen LogP) is 1.42. The Balaban J connectivity index is 3.12. The first-order valence-corrected chi connectivity index (χ1v) is 6.18. The second-order valence-corrected chi connectivity index (χ2v) is 5.31. The highest BCUT2D eigenvalue weighted by atomic mass is 32.2. The number of phenolic OH excluding ortho intramolecular Hbond substituents is 1. The molecule has 15 heavy (non-hydrogen) atoms. The summed E-state index contributed by atoms with van der Waals surface area (Å²) in [6, 6.07) is 5.95. The third-order valence-electron chi connectivity index (χ3n) is 2.09. The maximum atomic E-state index is 11.9. The summed E-state index contributed by atoms with van der Waals surface area (Å²) in [5.41, 5.74) is 0. The van der Waals surface area contributed by atoms with E-state index in [-0.39, 0.29) is 10.6 Å². The Bertz CT molecular complexity index is 428. The number of rotatable bonds is 4. The summed E-state index contributed by atoms with van der Waals surface area (Å²) < 4.78 is 25.1. The quantitative estimate of drug-likeness (QED) is 0.849. The van der Waals surface area contributed by atoms with Gasteiger partial charge in [0.05, 0.1) is 0 Å². The fraction of sp³-hybridized carbons (Fsp3) is 0.400. The van der Waals surface area contributed by atoms with Crippen molar-refractivity contribution in [1.29, 1.82) is 0 Å². The van der Waals surface area contributed by atoms with Crippen molar-refractivity contribution in [3.63, 3.8) is 0 Å². The molecule has 0 aliphatic carbocycles. The molecule has 0 spiro atoms. The zero-order valence-corrected chi connectivity index (χ0v) is 9.66. The summed E-state index contributed by atoms with van der Waals surface area (Å²) in [5.74, 6) is -0.208. The van der Waals surface area contributed by atoms with Crippen molar-refractivity contribution in [2.75, 3.05) is 13.6 Å². The molecule has 0 saturated heterocycles. The van der Waals surface area contributed by atoms with Gasteiger partial charge in [-0.3, -0.25) is 0 Å². The fourth-order valence-electron chi connectivity index (χ4n) is 1.28. The third-order valence-corrected chi connectivity index (χ3v) is 4.00. The summed E-state index contributed by atoms with van der Waals surface area (Å²) in [5, 5.41) is 9.46. The van der Waals surface area contributed by atoms with Crippen molar-refractivity contribution in [3.05, 3.63) is 24.3 Å². The van der Waals surface area contributed by atoms with Gasteiger partial charge >= 0.3 is 0 Å². The van der Waals surface area contributed by atoms with E-state index in [0.29, 0.717) is 6.54 Å². The van der Waals surface area contributed by atoms with Crippen molar-refractivity contribution in [1.82, 2.24) is 4.31 Å². The van der Waals surface area contributed by atoms with Crippen LogP contribution >= 0.6 is 0 Å². The van der Waals surface area contributed by atoms with Crippen LogP contribution in [0.5, 0.6) is 5.75 Å². The second-order valence-electron chi connectivity index (χ2n) is 3.29. The number of phenols is 1. The molecule has 1 rings (SSSR count). The number of nitrogens with zero attached hydrogens (tertiary/aromatic N) is 1. The van der Waals surface area contributed by atoms with E-state index in [4.69, 9.17) is 0 Å². The Morgan fingerprint density at radius 2 is 1.93 bits per heavy atom. The van der Waals surface area contributed by atoms with E-state index in [1.54, 1.807) is 12.1 Å². The fourth-order valence-corrected chi connectivity index (χ4v) is 2.62. The summed E-state index contributed by atoms with van der Waals surface area (Å²) in [6.07, 6.45) is 0.739. The monoisotopic (exact) mass is 229 g/mol. The van der Waals surface area contributed by atoms with Crippen molar-refractivity contribution in [3.8, 4) is 5.75 Å². The molecule has 0 amide bonds. The van der Waals surface area contributed by atoms with Gasteiger partial charge in [-0.2, -0.15) is 0 Å². The van der Waals surface area contributed by atoms with Crippen LogP contribution in [0, 0.1) is 0 Å². The van der Waals surface area contributed by atoms with Crippen molar-refractivity contribution in [2.24, 2.45) is 0 Å². The molecule has 1 N–H and O–H groups in total. The van der Waals surface area contributed by atoms with E-state index in [0.717, 1.165) is 6.42 Å². The van der Waals surface area contributed by atoms with Crippen LogP contribution in [-0.2, 0) is 10.0 Å². The summed E-state index contributed by atoms with van der Waals surface area (Å²) in [4.78, 5) is -0.0408.